The summed E-state index contributed by atoms with van der Waals surface area (Å²) in [5.41, 5.74) is 6.27. The molecule has 1 saturated heterocycles. The molecule has 0 aromatic rings. The molecular weight excluding hydrogens is 216 g/mol. The van der Waals surface area contributed by atoms with E-state index in [1.165, 1.54) is 43.7 Å². The zero-order valence-corrected chi connectivity index (χ0v) is 12.0. The van der Waals surface area contributed by atoms with E-state index in [0.29, 0.717) is 6.04 Å². The number of thioether (sulfide) groups is 1. The highest BCUT2D eigenvalue weighted by atomic mass is 32.2. The van der Waals surface area contributed by atoms with Gasteiger partial charge in [0.1, 0.15) is 0 Å². The van der Waals surface area contributed by atoms with Crippen molar-refractivity contribution in [2.24, 2.45) is 5.73 Å². The second kappa shape index (κ2) is 6.87. The van der Waals surface area contributed by atoms with Crippen LogP contribution in [-0.2, 0) is 0 Å². The summed E-state index contributed by atoms with van der Waals surface area (Å²) in [6.45, 7) is 8.98. The van der Waals surface area contributed by atoms with Crippen molar-refractivity contribution in [1.29, 1.82) is 0 Å². The maximum atomic E-state index is 6.03. The fraction of sp³-hybridized carbons (Fsp3) is 1.00. The minimum absolute atomic E-state index is 0.232. The van der Waals surface area contributed by atoms with E-state index >= 15 is 0 Å². The van der Waals surface area contributed by atoms with E-state index in [-0.39, 0.29) is 5.54 Å². The molecule has 1 fully saturated rings. The van der Waals surface area contributed by atoms with Crippen molar-refractivity contribution >= 4 is 11.8 Å². The summed E-state index contributed by atoms with van der Waals surface area (Å²) >= 11 is 2.08. The predicted octanol–water partition coefficient (Wildman–Crippen LogP) is 2.72. The van der Waals surface area contributed by atoms with Crippen molar-refractivity contribution in [3.63, 3.8) is 0 Å². The first kappa shape index (κ1) is 14.3. The summed E-state index contributed by atoms with van der Waals surface area (Å²) < 4.78 is 0. The summed E-state index contributed by atoms with van der Waals surface area (Å²) in [5, 5.41) is 0. The average Bonchev–Trinajstić information content (AvgIpc) is 2.30. The molecule has 0 amide bonds. The van der Waals surface area contributed by atoms with Gasteiger partial charge in [0.25, 0.3) is 0 Å². The number of nitrogens with two attached hydrogens (primary N) is 1. The van der Waals surface area contributed by atoms with Crippen LogP contribution in [0.3, 0.4) is 0 Å². The van der Waals surface area contributed by atoms with Gasteiger partial charge in [-0.15, -0.1) is 0 Å². The maximum Gasteiger partial charge on any atom is 0.0307 e. The highest BCUT2D eigenvalue weighted by molar-refractivity contribution is 7.99. The molecule has 0 aromatic carbocycles. The Balaban J connectivity index is 2.54. The molecule has 96 valence electrons. The van der Waals surface area contributed by atoms with E-state index in [1.807, 2.05) is 0 Å². The molecule has 1 rings (SSSR count). The molecule has 2 N–H and O–H groups in total. The lowest BCUT2D eigenvalue weighted by Crippen LogP contribution is -2.58. The molecule has 16 heavy (non-hydrogen) atoms. The molecule has 1 aliphatic rings. The molecule has 2 atom stereocenters. The Hall–Kier alpha value is 0.270. The highest BCUT2D eigenvalue weighted by Crippen LogP contribution is 2.28. The molecule has 2 nitrogen and oxygen atoms in total. The zero-order chi connectivity index (χ0) is 12.0. The predicted molar refractivity (Wildman–Crippen MR) is 75.1 cm³/mol. The van der Waals surface area contributed by atoms with Crippen molar-refractivity contribution in [3.05, 3.63) is 0 Å². The number of rotatable bonds is 6. The smallest absolute Gasteiger partial charge is 0.0307 e. The van der Waals surface area contributed by atoms with E-state index in [9.17, 15) is 0 Å². The van der Waals surface area contributed by atoms with Crippen LogP contribution in [0.5, 0.6) is 0 Å². The van der Waals surface area contributed by atoms with Crippen LogP contribution in [0.15, 0.2) is 0 Å². The topological polar surface area (TPSA) is 29.3 Å². The van der Waals surface area contributed by atoms with Crippen molar-refractivity contribution < 1.29 is 0 Å². The third-order valence-corrected chi connectivity index (χ3v) is 5.01. The van der Waals surface area contributed by atoms with Gasteiger partial charge >= 0.3 is 0 Å². The summed E-state index contributed by atoms with van der Waals surface area (Å²) in [6, 6.07) is 0.689. The molecule has 0 aliphatic carbocycles. The third kappa shape index (κ3) is 3.64. The van der Waals surface area contributed by atoms with Crippen LogP contribution in [-0.4, -0.2) is 41.1 Å². The molecule has 2 unspecified atom stereocenters. The molecule has 0 radical (unpaired) electrons. The van der Waals surface area contributed by atoms with Gasteiger partial charge in [0.05, 0.1) is 0 Å². The maximum absolute atomic E-state index is 6.03. The first-order valence-corrected chi connectivity index (χ1v) is 7.84. The highest BCUT2D eigenvalue weighted by Gasteiger charge is 2.34. The van der Waals surface area contributed by atoms with Crippen LogP contribution >= 0.6 is 11.8 Å². The van der Waals surface area contributed by atoms with E-state index in [2.05, 4.69) is 37.4 Å². The Kier molecular flexibility index (Phi) is 6.16. The Labute approximate surface area is 105 Å². The first-order chi connectivity index (χ1) is 7.64. The molecule has 0 aromatic heterocycles. The first-order valence-electron chi connectivity index (χ1n) is 6.68. The van der Waals surface area contributed by atoms with Gasteiger partial charge in [-0.3, -0.25) is 4.90 Å². The van der Waals surface area contributed by atoms with Crippen molar-refractivity contribution in [3.8, 4) is 0 Å². The quantitative estimate of drug-likeness (QED) is 0.729. The van der Waals surface area contributed by atoms with Crippen LogP contribution < -0.4 is 5.73 Å². The number of nitrogens with zero attached hydrogens (tertiary/aromatic N) is 1. The lowest BCUT2D eigenvalue weighted by Gasteiger charge is -2.46. The lowest BCUT2D eigenvalue weighted by atomic mass is 9.91. The fourth-order valence-electron chi connectivity index (χ4n) is 2.65. The zero-order valence-electron chi connectivity index (χ0n) is 11.2. The van der Waals surface area contributed by atoms with Crippen molar-refractivity contribution in [2.45, 2.75) is 58.0 Å². The van der Waals surface area contributed by atoms with Gasteiger partial charge in [0.2, 0.25) is 0 Å². The number of hydrogen-bond acceptors (Lipinski definition) is 3. The Bertz CT molecular complexity index is 198. The van der Waals surface area contributed by atoms with E-state index < -0.39 is 0 Å². The van der Waals surface area contributed by atoms with Crippen LogP contribution in [0.25, 0.3) is 0 Å². The molecule has 0 bridgehead atoms. The van der Waals surface area contributed by atoms with Gasteiger partial charge in [-0.1, -0.05) is 26.2 Å². The number of hydrogen-bond donors (Lipinski definition) is 1. The molecule has 1 heterocycles. The van der Waals surface area contributed by atoms with Crippen molar-refractivity contribution in [1.82, 2.24) is 4.90 Å². The summed E-state index contributed by atoms with van der Waals surface area (Å²) in [4.78, 5) is 2.65. The fourth-order valence-corrected chi connectivity index (χ4v) is 3.66. The van der Waals surface area contributed by atoms with Gasteiger partial charge in [-0.05, 0) is 20.3 Å². The lowest BCUT2D eigenvalue weighted by molar-refractivity contribution is 0.0719. The standard InChI is InChI=1S/C13H28N2S/c1-4-5-6-7-13(3,11-14)15-8-9-16-10-12(15)2/h12H,4-11,14H2,1-3H3. The minimum Gasteiger partial charge on any atom is -0.329 e. The largest absolute Gasteiger partial charge is 0.329 e. The van der Waals surface area contributed by atoms with Gasteiger partial charge in [-0.25, -0.2) is 0 Å². The molecule has 0 saturated carbocycles. The monoisotopic (exact) mass is 244 g/mol. The minimum atomic E-state index is 0.232. The van der Waals surface area contributed by atoms with Crippen LogP contribution in [0.1, 0.15) is 46.5 Å². The van der Waals surface area contributed by atoms with E-state index in [1.54, 1.807) is 0 Å². The summed E-state index contributed by atoms with van der Waals surface area (Å²) in [5.74, 6) is 2.54. The SMILES string of the molecule is CCCCCC(C)(CN)N1CCSCC1C. The van der Waals surface area contributed by atoms with Gasteiger partial charge in [0, 0.05) is 36.2 Å². The summed E-state index contributed by atoms with van der Waals surface area (Å²) in [6.07, 6.45) is 5.21. The Morgan fingerprint density at radius 2 is 2.19 bits per heavy atom. The second-order valence-electron chi connectivity index (χ2n) is 5.28. The van der Waals surface area contributed by atoms with Crippen LogP contribution in [0.2, 0.25) is 0 Å². The third-order valence-electron chi connectivity index (χ3n) is 3.82. The van der Waals surface area contributed by atoms with E-state index in [0.717, 1.165) is 6.54 Å². The number of unbranched alkanes of at least 4 members (excludes halogenated alkanes) is 2. The molecule has 0 spiro atoms. The Morgan fingerprint density at radius 1 is 1.44 bits per heavy atom. The van der Waals surface area contributed by atoms with Crippen LogP contribution in [0, 0.1) is 0 Å². The summed E-state index contributed by atoms with van der Waals surface area (Å²) in [7, 11) is 0. The Morgan fingerprint density at radius 3 is 2.75 bits per heavy atom. The molecular formula is C13H28N2S. The molecule has 1 aliphatic heterocycles. The van der Waals surface area contributed by atoms with Crippen LogP contribution in [0.4, 0.5) is 0 Å². The van der Waals surface area contributed by atoms with Gasteiger partial charge in [0.15, 0.2) is 0 Å². The van der Waals surface area contributed by atoms with Gasteiger partial charge < -0.3 is 5.73 Å². The second-order valence-corrected chi connectivity index (χ2v) is 6.43. The van der Waals surface area contributed by atoms with E-state index in [4.69, 9.17) is 5.73 Å². The average molecular weight is 244 g/mol. The van der Waals surface area contributed by atoms with Gasteiger partial charge in [-0.2, -0.15) is 11.8 Å². The normalized spacial score (nSPS) is 26.6. The van der Waals surface area contributed by atoms with Crippen molar-refractivity contribution in [2.75, 3.05) is 24.6 Å². The molecule has 3 heteroatoms.